The molecular weight excluding hydrogens is 251 g/mol. The SMILES string of the molecule is CC(C)(C)[P+](Cl)(Oc1ccccc1)C(C)(C)C. The Balaban J connectivity index is 3.11. The Bertz CT molecular complexity index is 348. The van der Waals surface area contributed by atoms with Crippen molar-refractivity contribution in [2.24, 2.45) is 0 Å². The zero-order chi connectivity index (χ0) is 13.3. The van der Waals surface area contributed by atoms with Crippen molar-refractivity contribution in [1.29, 1.82) is 0 Å². The number of halogens is 1. The van der Waals surface area contributed by atoms with E-state index in [2.05, 4.69) is 41.5 Å². The quantitative estimate of drug-likeness (QED) is 0.624. The first-order valence-electron chi connectivity index (χ1n) is 5.91. The van der Waals surface area contributed by atoms with Crippen LogP contribution >= 0.6 is 18.1 Å². The van der Waals surface area contributed by atoms with E-state index >= 15 is 0 Å². The molecule has 17 heavy (non-hydrogen) atoms. The maximum Gasteiger partial charge on any atom is 0.297 e. The molecule has 0 bridgehead atoms. The van der Waals surface area contributed by atoms with Gasteiger partial charge in [0.1, 0.15) is 21.6 Å². The lowest BCUT2D eigenvalue weighted by atomic mass is 10.2. The van der Waals surface area contributed by atoms with E-state index in [-0.39, 0.29) is 10.3 Å². The lowest BCUT2D eigenvalue weighted by Crippen LogP contribution is -2.33. The number of hydrogen-bond acceptors (Lipinski definition) is 1. The molecule has 0 radical (unpaired) electrons. The molecule has 0 saturated heterocycles. The van der Waals surface area contributed by atoms with Gasteiger partial charge in [0.05, 0.1) is 0 Å². The predicted molar refractivity (Wildman–Crippen MR) is 79.3 cm³/mol. The fourth-order valence-corrected chi connectivity index (χ4v) is 5.12. The minimum atomic E-state index is -2.09. The molecule has 0 spiro atoms. The second-order valence-corrected chi connectivity index (χ2v) is 11.6. The third-order valence-corrected chi connectivity index (χ3v) is 9.86. The molecule has 0 N–H and O–H groups in total. The van der Waals surface area contributed by atoms with Gasteiger partial charge in [-0.15, -0.1) is 0 Å². The van der Waals surface area contributed by atoms with Crippen LogP contribution in [0.15, 0.2) is 30.3 Å². The van der Waals surface area contributed by atoms with E-state index in [0.29, 0.717) is 0 Å². The van der Waals surface area contributed by atoms with Crippen molar-refractivity contribution in [1.82, 2.24) is 0 Å². The highest BCUT2D eigenvalue weighted by Gasteiger charge is 2.61. The maximum atomic E-state index is 6.91. The highest BCUT2D eigenvalue weighted by atomic mass is 35.7. The third kappa shape index (κ3) is 3.14. The van der Waals surface area contributed by atoms with Crippen molar-refractivity contribution in [3.05, 3.63) is 30.3 Å². The van der Waals surface area contributed by atoms with Gasteiger partial charge in [0, 0.05) is 0 Å². The molecule has 0 saturated carbocycles. The Labute approximate surface area is 111 Å². The number of para-hydroxylation sites is 1. The molecule has 0 unspecified atom stereocenters. The van der Waals surface area contributed by atoms with Gasteiger partial charge < -0.3 is 4.52 Å². The van der Waals surface area contributed by atoms with Crippen LogP contribution in [0.25, 0.3) is 0 Å². The molecule has 1 rings (SSSR count). The molecule has 0 aromatic heterocycles. The zero-order valence-corrected chi connectivity index (χ0v) is 13.3. The average molecular weight is 274 g/mol. The second-order valence-electron chi connectivity index (χ2n) is 6.28. The van der Waals surface area contributed by atoms with Crippen molar-refractivity contribution in [3.63, 3.8) is 0 Å². The first-order valence-corrected chi connectivity index (χ1v) is 8.53. The van der Waals surface area contributed by atoms with E-state index < -0.39 is 6.84 Å². The monoisotopic (exact) mass is 273 g/mol. The van der Waals surface area contributed by atoms with E-state index in [1.807, 2.05) is 30.3 Å². The molecule has 0 fully saturated rings. The van der Waals surface area contributed by atoms with Gasteiger partial charge in [0.2, 0.25) is 0 Å². The fourth-order valence-electron chi connectivity index (χ4n) is 1.91. The molecule has 0 amide bonds. The summed E-state index contributed by atoms with van der Waals surface area (Å²) in [6, 6.07) is 9.86. The van der Waals surface area contributed by atoms with Gasteiger partial charge >= 0.3 is 0 Å². The summed E-state index contributed by atoms with van der Waals surface area (Å²) in [6.07, 6.45) is 0. The summed E-state index contributed by atoms with van der Waals surface area (Å²) in [5.74, 6) is 0.862. The number of hydrogen-bond donors (Lipinski definition) is 0. The molecule has 0 atom stereocenters. The van der Waals surface area contributed by atoms with E-state index in [0.717, 1.165) is 5.75 Å². The molecule has 3 heteroatoms. The van der Waals surface area contributed by atoms with E-state index in [1.54, 1.807) is 0 Å². The second kappa shape index (κ2) is 4.78. The van der Waals surface area contributed by atoms with Crippen LogP contribution in [0.4, 0.5) is 0 Å². The summed E-state index contributed by atoms with van der Waals surface area (Å²) in [5, 5.41) is -0.106. The summed E-state index contributed by atoms with van der Waals surface area (Å²) in [6.45, 7) is 10.8. The van der Waals surface area contributed by atoms with Gasteiger partial charge in [0.15, 0.2) is 5.75 Å². The van der Waals surface area contributed by atoms with Crippen LogP contribution in [0, 0.1) is 0 Å². The predicted octanol–water partition coefficient (Wildman–Crippen LogP) is 5.75. The molecule has 1 aromatic rings. The van der Waals surface area contributed by atoms with Crippen LogP contribution < -0.4 is 4.52 Å². The van der Waals surface area contributed by atoms with Gasteiger partial charge in [-0.2, -0.15) is 0 Å². The van der Waals surface area contributed by atoms with Crippen LogP contribution in [0.5, 0.6) is 5.75 Å². The molecule has 1 aromatic carbocycles. The Kier molecular flexibility index (Phi) is 4.16. The van der Waals surface area contributed by atoms with Gasteiger partial charge in [-0.05, 0) is 53.7 Å². The normalized spacial score (nSPS) is 13.6. The Morgan fingerprint density at radius 1 is 0.882 bits per heavy atom. The van der Waals surface area contributed by atoms with Gasteiger partial charge in [-0.3, -0.25) is 0 Å². The fraction of sp³-hybridized carbons (Fsp3) is 0.571. The maximum absolute atomic E-state index is 6.91. The van der Waals surface area contributed by atoms with Crippen molar-refractivity contribution in [2.45, 2.75) is 51.9 Å². The Morgan fingerprint density at radius 3 is 1.65 bits per heavy atom. The van der Waals surface area contributed by atoms with Gasteiger partial charge in [-0.25, -0.2) is 0 Å². The highest BCUT2D eigenvalue weighted by Crippen LogP contribution is 2.80. The van der Waals surface area contributed by atoms with Crippen LogP contribution in [0.3, 0.4) is 0 Å². The topological polar surface area (TPSA) is 9.23 Å². The lowest BCUT2D eigenvalue weighted by molar-refractivity contribution is 0.525. The average Bonchev–Trinajstić information content (AvgIpc) is 2.15. The summed E-state index contributed by atoms with van der Waals surface area (Å²) in [5.41, 5.74) is 0. The first-order chi connectivity index (χ1) is 7.58. The van der Waals surface area contributed by atoms with Crippen molar-refractivity contribution in [2.75, 3.05) is 0 Å². The zero-order valence-electron chi connectivity index (χ0n) is 11.6. The van der Waals surface area contributed by atoms with Crippen LogP contribution in [0.2, 0.25) is 0 Å². The molecule has 0 heterocycles. The van der Waals surface area contributed by atoms with Crippen LogP contribution in [-0.2, 0) is 0 Å². The Hall–Kier alpha value is -0.260. The minimum Gasteiger partial charge on any atom is -0.331 e. The van der Waals surface area contributed by atoms with Crippen molar-refractivity contribution in [3.8, 4) is 5.75 Å². The third-order valence-electron chi connectivity index (χ3n) is 2.70. The van der Waals surface area contributed by atoms with Crippen LogP contribution in [-0.4, -0.2) is 10.3 Å². The molecule has 96 valence electrons. The van der Waals surface area contributed by atoms with Gasteiger partial charge in [-0.1, -0.05) is 18.2 Å². The van der Waals surface area contributed by atoms with E-state index in [9.17, 15) is 0 Å². The Morgan fingerprint density at radius 2 is 1.29 bits per heavy atom. The van der Waals surface area contributed by atoms with Crippen molar-refractivity contribution < 1.29 is 4.52 Å². The summed E-state index contributed by atoms with van der Waals surface area (Å²) < 4.78 is 6.21. The summed E-state index contributed by atoms with van der Waals surface area (Å²) in [4.78, 5) is 0. The first kappa shape index (κ1) is 14.8. The van der Waals surface area contributed by atoms with Crippen LogP contribution in [0.1, 0.15) is 41.5 Å². The lowest BCUT2D eigenvalue weighted by Gasteiger charge is -2.38. The molecule has 0 aliphatic carbocycles. The molecular formula is C14H23ClOP+. The minimum absolute atomic E-state index is 0.0529. The van der Waals surface area contributed by atoms with Gasteiger partial charge in [0.25, 0.3) is 6.84 Å². The largest absolute Gasteiger partial charge is 0.331 e. The molecule has 0 aliphatic heterocycles. The number of benzene rings is 1. The molecule has 1 nitrogen and oxygen atoms in total. The summed E-state index contributed by atoms with van der Waals surface area (Å²) in [7, 11) is 0. The smallest absolute Gasteiger partial charge is 0.297 e. The van der Waals surface area contributed by atoms with E-state index in [1.165, 1.54) is 0 Å². The highest BCUT2D eigenvalue weighted by molar-refractivity contribution is 7.97. The number of rotatable bonds is 2. The standard InChI is InChI=1S/C14H23ClOP/c1-13(2,3)17(15,14(4,5)6)16-12-10-8-7-9-11-12/h7-11H,1-6H3/q+1. The summed E-state index contributed by atoms with van der Waals surface area (Å²) >= 11 is 6.91. The van der Waals surface area contributed by atoms with E-state index in [4.69, 9.17) is 15.8 Å². The van der Waals surface area contributed by atoms with Crippen molar-refractivity contribution >= 4 is 18.1 Å². The molecule has 0 aliphatic rings.